The van der Waals surface area contributed by atoms with E-state index in [0.717, 1.165) is 22.4 Å². The number of halogens is 2. The van der Waals surface area contributed by atoms with Gasteiger partial charge in [0.2, 0.25) is 0 Å². The molecule has 50 heavy (non-hydrogen) atoms. The molecule has 6 rings (SSSR count). The Morgan fingerprint density at radius 2 is 0.920 bits per heavy atom. The summed E-state index contributed by atoms with van der Waals surface area (Å²) in [5.41, 5.74) is 11.5. The van der Waals surface area contributed by atoms with Crippen LogP contribution in [-0.2, 0) is 46.5 Å². The van der Waals surface area contributed by atoms with Crippen molar-refractivity contribution in [3.63, 3.8) is 0 Å². The normalized spacial score (nSPS) is 10.6. The molecule has 2 radical (unpaired) electrons. The maximum absolute atomic E-state index is 4.93. The Labute approximate surface area is 325 Å². The number of benzene rings is 4. The maximum atomic E-state index is 4.93. The van der Waals surface area contributed by atoms with Crippen molar-refractivity contribution in [1.29, 1.82) is 0 Å². The average molecular weight is 799 g/mol. The van der Waals surface area contributed by atoms with Crippen LogP contribution in [0.2, 0.25) is 13.1 Å². The van der Waals surface area contributed by atoms with Crippen molar-refractivity contribution in [1.82, 2.24) is 0 Å². The molecule has 0 N–H and O–H groups in total. The van der Waals surface area contributed by atoms with Crippen LogP contribution in [0.4, 0.5) is 0 Å². The van der Waals surface area contributed by atoms with Crippen LogP contribution in [0.3, 0.4) is 0 Å². The van der Waals surface area contributed by atoms with Crippen LogP contribution in [0.25, 0.3) is 43.8 Å². The van der Waals surface area contributed by atoms with E-state index in [-0.39, 0.29) is 0 Å². The molecule has 0 aromatic heterocycles. The Morgan fingerprint density at radius 1 is 0.580 bits per heavy atom. The summed E-state index contributed by atoms with van der Waals surface area (Å²) in [7, 11) is 11.0. The zero-order valence-electron chi connectivity index (χ0n) is 31.5. The summed E-state index contributed by atoms with van der Waals surface area (Å²) in [5.74, 6) is 1.34. The average Bonchev–Trinajstić information content (AvgIpc) is 3.70. The molecule has 0 nitrogen and oxygen atoms in total. The molecule has 0 saturated heterocycles. The molecule has 4 heteroatoms. The topological polar surface area (TPSA) is 0 Å². The summed E-state index contributed by atoms with van der Waals surface area (Å²) in [6.45, 7) is 18.0. The van der Waals surface area contributed by atoms with E-state index in [0.29, 0.717) is 11.8 Å². The minimum atomic E-state index is -0.826. The van der Waals surface area contributed by atoms with Gasteiger partial charge in [-0.15, -0.1) is 69.1 Å². The Morgan fingerprint density at radius 3 is 1.22 bits per heavy atom. The standard InChI is InChI=1S/2C22H25.C2H6Si.2ClH.Zr/c2*1-4-8-17-14-19-11-12-20(13-16(2)3)22(21(19)15-17)18-9-6-5-7-10-18;1-3-2;;;/h2*5-7,9-12,14-16H,4,8,13H2,1-3H3;1-2H3;2*1H;/q2*-1;;;;+4/p-2. The number of hydrogen-bond acceptors (Lipinski definition) is 0. The van der Waals surface area contributed by atoms with Crippen LogP contribution >= 0.6 is 17.0 Å². The summed E-state index contributed by atoms with van der Waals surface area (Å²) in [6.07, 6.45) is 7.01. The Balaban J connectivity index is 0.000000234. The van der Waals surface area contributed by atoms with Crippen LogP contribution < -0.4 is 0 Å². The van der Waals surface area contributed by atoms with E-state index in [2.05, 4.69) is 164 Å². The van der Waals surface area contributed by atoms with E-state index < -0.39 is 20.8 Å². The van der Waals surface area contributed by atoms with Crippen LogP contribution in [0.15, 0.2) is 109 Å². The van der Waals surface area contributed by atoms with Crippen molar-refractivity contribution in [2.24, 2.45) is 11.8 Å². The van der Waals surface area contributed by atoms with Gasteiger partial charge in [-0.25, -0.2) is 0 Å². The second kappa shape index (κ2) is 22.7. The van der Waals surface area contributed by atoms with Gasteiger partial charge in [0.05, 0.1) is 0 Å². The van der Waals surface area contributed by atoms with Crippen LogP contribution in [0.1, 0.15) is 76.6 Å². The second-order valence-corrected chi connectivity index (χ2v) is 18.7. The van der Waals surface area contributed by atoms with Crippen molar-refractivity contribution in [2.75, 3.05) is 0 Å². The number of hydrogen-bond donors (Lipinski definition) is 0. The summed E-state index contributed by atoms with van der Waals surface area (Å²) < 4.78 is 0. The van der Waals surface area contributed by atoms with Crippen molar-refractivity contribution in [3.05, 3.63) is 131 Å². The molecule has 0 aliphatic carbocycles. The van der Waals surface area contributed by atoms with Crippen LogP contribution in [0.5, 0.6) is 0 Å². The molecular weight excluding hydrogens is 743 g/mol. The molecule has 6 aromatic carbocycles. The van der Waals surface area contributed by atoms with Gasteiger partial charge in [0.25, 0.3) is 0 Å². The van der Waals surface area contributed by atoms with Gasteiger partial charge in [-0.05, 0) is 48.6 Å². The van der Waals surface area contributed by atoms with Gasteiger partial charge in [-0.2, -0.15) is 12.1 Å². The first-order chi connectivity index (χ1) is 24.2. The summed E-state index contributed by atoms with van der Waals surface area (Å²) >= 11 is -0.826. The van der Waals surface area contributed by atoms with E-state index in [1.807, 2.05) is 0 Å². The molecule has 0 heterocycles. The molecule has 0 spiro atoms. The molecule has 0 atom stereocenters. The van der Waals surface area contributed by atoms with Crippen molar-refractivity contribution >= 4 is 48.1 Å². The summed E-state index contributed by atoms with van der Waals surface area (Å²) in [6, 6.07) is 40.5. The zero-order valence-corrected chi connectivity index (χ0v) is 36.5. The van der Waals surface area contributed by atoms with Gasteiger partial charge in [-0.1, -0.05) is 150 Å². The van der Waals surface area contributed by atoms with E-state index in [4.69, 9.17) is 17.0 Å². The van der Waals surface area contributed by atoms with E-state index in [1.54, 1.807) is 0 Å². The van der Waals surface area contributed by atoms with Gasteiger partial charge in [-0.3, -0.25) is 0 Å². The molecule has 0 amide bonds. The molecule has 0 saturated carbocycles. The zero-order chi connectivity index (χ0) is 36.5. The third-order valence-electron chi connectivity index (χ3n) is 8.53. The summed E-state index contributed by atoms with van der Waals surface area (Å²) in [5, 5.41) is 5.62. The quantitative estimate of drug-likeness (QED) is 0.0956. The molecule has 262 valence electrons. The van der Waals surface area contributed by atoms with Gasteiger partial charge in [0.15, 0.2) is 0 Å². The number of aryl methyl sites for hydroxylation is 2. The number of rotatable bonds is 10. The molecule has 6 aromatic rings. The van der Waals surface area contributed by atoms with Gasteiger partial charge >= 0.3 is 37.9 Å². The first kappa shape index (κ1) is 42.2. The molecular formula is C46H56Cl2SiZr. The van der Waals surface area contributed by atoms with E-state index >= 15 is 0 Å². The minimum absolute atomic E-state index is 0.671. The predicted molar refractivity (Wildman–Crippen MR) is 224 cm³/mol. The molecule has 0 aliphatic heterocycles. The predicted octanol–water partition coefficient (Wildman–Crippen LogP) is 14.9. The van der Waals surface area contributed by atoms with Gasteiger partial charge in [0.1, 0.15) is 0 Å². The molecule has 0 fully saturated rings. The fourth-order valence-electron chi connectivity index (χ4n) is 6.76. The van der Waals surface area contributed by atoms with Crippen molar-refractivity contribution < 1.29 is 20.8 Å². The summed E-state index contributed by atoms with van der Waals surface area (Å²) in [4.78, 5) is 0. The van der Waals surface area contributed by atoms with Crippen LogP contribution in [0, 0.1) is 11.8 Å². The Bertz CT molecular complexity index is 1680. The third-order valence-corrected chi connectivity index (χ3v) is 8.53. The fraction of sp³-hybridized carbons (Fsp3) is 0.348. The first-order valence-corrected chi connectivity index (χ1v) is 26.6. The molecule has 0 bridgehead atoms. The fourth-order valence-corrected chi connectivity index (χ4v) is 6.76. The monoisotopic (exact) mass is 796 g/mol. The number of fused-ring (bicyclic) bond motifs is 2. The molecule has 0 aliphatic rings. The third kappa shape index (κ3) is 12.5. The van der Waals surface area contributed by atoms with Gasteiger partial charge in [0, 0.05) is 9.52 Å². The molecule has 0 unspecified atom stereocenters. The second-order valence-electron chi connectivity index (χ2n) is 13.9. The van der Waals surface area contributed by atoms with E-state index in [1.165, 1.54) is 91.7 Å². The van der Waals surface area contributed by atoms with Gasteiger partial charge < -0.3 is 0 Å². The first-order valence-electron chi connectivity index (χ1n) is 18.3. The SMILES string of the molecule is CCCc1cc2c(-c3ccccc3)c(CC(C)C)ccc2[cH-]1.CCCc1cc2c(-c3ccccc3)c(CC(C)C)ccc2[cH-]1.C[Si]C.[Cl][Zr+2][Cl]. The Kier molecular flexibility index (Phi) is 19.1. The van der Waals surface area contributed by atoms with Crippen LogP contribution in [-0.4, -0.2) is 9.52 Å². The van der Waals surface area contributed by atoms with Crippen molar-refractivity contribution in [3.8, 4) is 22.3 Å². The Hall–Kier alpha value is -2.22. The van der Waals surface area contributed by atoms with E-state index in [9.17, 15) is 0 Å². The van der Waals surface area contributed by atoms with Crippen molar-refractivity contribution in [2.45, 2.75) is 93.2 Å².